The standard InChI is InChI=1S/C30H31ClF4N4O4S/c1-5-24(40)39-16(2)12-37(13-17(39)3)28-20-11-21(30(33,34)35)25(18-6-7-23(32)22(31)10-18)27-26(20)38(29(41)36-28)14-19(15-44-27)43-9-8-42-4/h5-7,10-11,16-17,19H,1,8-9,12-15H2,2-4H3. The van der Waals surface area contributed by atoms with Gasteiger partial charge in [0, 0.05) is 53.9 Å². The van der Waals surface area contributed by atoms with Gasteiger partial charge in [-0.3, -0.25) is 9.36 Å². The summed E-state index contributed by atoms with van der Waals surface area (Å²) in [5.41, 5.74) is -1.49. The summed E-state index contributed by atoms with van der Waals surface area (Å²) in [7, 11) is 1.52. The van der Waals surface area contributed by atoms with Crippen LogP contribution in [-0.4, -0.2) is 77.7 Å². The highest BCUT2D eigenvalue weighted by molar-refractivity contribution is 7.99. The van der Waals surface area contributed by atoms with Crippen molar-refractivity contribution in [2.75, 3.05) is 44.1 Å². The predicted molar refractivity (Wildman–Crippen MR) is 162 cm³/mol. The minimum atomic E-state index is -4.82. The normalized spacial score (nSPS) is 20.6. The number of amides is 1. The highest BCUT2D eigenvalue weighted by atomic mass is 35.5. The largest absolute Gasteiger partial charge is 0.417 e. The van der Waals surface area contributed by atoms with Crippen LogP contribution in [0.25, 0.3) is 22.0 Å². The van der Waals surface area contributed by atoms with Crippen LogP contribution < -0.4 is 10.6 Å². The van der Waals surface area contributed by atoms with E-state index in [1.165, 1.54) is 23.8 Å². The monoisotopic (exact) mass is 654 g/mol. The number of rotatable bonds is 7. The maximum atomic E-state index is 14.9. The van der Waals surface area contributed by atoms with Crippen molar-refractivity contribution >= 4 is 46.0 Å². The van der Waals surface area contributed by atoms with Gasteiger partial charge in [-0.1, -0.05) is 24.2 Å². The third-order valence-electron chi connectivity index (χ3n) is 7.80. The molecule has 2 aliphatic rings. The summed E-state index contributed by atoms with van der Waals surface area (Å²) in [6.45, 7) is 8.25. The molecule has 3 heterocycles. The van der Waals surface area contributed by atoms with Gasteiger partial charge in [0.1, 0.15) is 11.6 Å². The molecule has 3 unspecified atom stereocenters. The molecule has 8 nitrogen and oxygen atoms in total. The smallest absolute Gasteiger partial charge is 0.382 e. The predicted octanol–water partition coefficient (Wildman–Crippen LogP) is 5.62. The quantitative estimate of drug-likeness (QED) is 0.186. The number of carbonyl (C=O) groups excluding carboxylic acids is 1. The zero-order valence-corrected chi connectivity index (χ0v) is 25.9. The molecule has 236 valence electrons. The zero-order valence-electron chi connectivity index (χ0n) is 24.3. The molecule has 0 radical (unpaired) electrons. The van der Waals surface area contributed by atoms with E-state index in [1.807, 2.05) is 13.8 Å². The minimum absolute atomic E-state index is 0.0513. The summed E-state index contributed by atoms with van der Waals surface area (Å²) in [5, 5.41) is -0.193. The fourth-order valence-electron chi connectivity index (χ4n) is 5.97. The van der Waals surface area contributed by atoms with Crippen molar-refractivity contribution in [2.24, 2.45) is 0 Å². The molecule has 0 saturated carbocycles. The third kappa shape index (κ3) is 6.07. The van der Waals surface area contributed by atoms with Crippen LogP contribution in [0.3, 0.4) is 0 Å². The molecule has 0 N–H and O–H groups in total. The van der Waals surface area contributed by atoms with Crippen LogP contribution in [0.15, 0.2) is 46.6 Å². The lowest BCUT2D eigenvalue weighted by Gasteiger charge is -2.44. The van der Waals surface area contributed by atoms with Gasteiger partial charge in [0.2, 0.25) is 5.91 Å². The average molecular weight is 655 g/mol. The van der Waals surface area contributed by atoms with Gasteiger partial charge in [0.25, 0.3) is 0 Å². The number of thioether (sulfide) groups is 1. The zero-order chi connectivity index (χ0) is 31.9. The van der Waals surface area contributed by atoms with Gasteiger partial charge in [-0.15, -0.1) is 11.8 Å². The number of alkyl halides is 3. The lowest BCUT2D eigenvalue weighted by molar-refractivity contribution is -0.137. The van der Waals surface area contributed by atoms with Crippen molar-refractivity contribution in [3.8, 4) is 11.1 Å². The molecule has 1 amide bonds. The van der Waals surface area contributed by atoms with Crippen molar-refractivity contribution < 1.29 is 31.8 Å². The molecule has 2 aliphatic heterocycles. The highest BCUT2D eigenvalue weighted by Gasteiger charge is 2.40. The summed E-state index contributed by atoms with van der Waals surface area (Å²) in [6.07, 6.45) is -4.14. The van der Waals surface area contributed by atoms with E-state index in [0.29, 0.717) is 6.61 Å². The van der Waals surface area contributed by atoms with Crippen LogP contribution >= 0.6 is 23.4 Å². The number of hydrogen-bond donors (Lipinski definition) is 0. The number of anilines is 1. The van der Waals surface area contributed by atoms with Gasteiger partial charge in [-0.05, 0) is 43.7 Å². The molecule has 0 bridgehead atoms. The summed E-state index contributed by atoms with van der Waals surface area (Å²) in [4.78, 5) is 34.2. The van der Waals surface area contributed by atoms with E-state index in [2.05, 4.69) is 11.6 Å². The topological polar surface area (TPSA) is 76.9 Å². The van der Waals surface area contributed by atoms with E-state index in [0.717, 1.165) is 30.0 Å². The molecular formula is C30H31ClF4N4O4S. The molecule has 44 heavy (non-hydrogen) atoms. The number of methoxy groups -OCH3 is 1. The van der Waals surface area contributed by atoms with Gasteiger partial charge >= 0.3 is 11.9 Å². The molecule has 0 aliphatic carbocycles. The second kappa shape index (κ2) is 12.7. The van der Waals surface area contributed by atoms with E-state index < -0.39 is 29.4 Å². The number of carbonyl (C=O) groups is 1. The van der Waals surface area contributed by atoms with Gasteiger partial charge in [0.15, 0.2) is 0 Å². The Bertz CT molecular complexity index is 1650. The minimum Gasteiger partial charge on any atom is -0.382 e. The van der Waals surface area contributed by atoms with Crippen LogP contribution in [0, 0.1) is 5.82 Å². The average Bonchev–Trinajstić information content (AvgIpc) is 3.16. The van der Waals surface area contributed by atoms with E-state index >= 15 is 0 Å². The molecule has 2 aromatic carbocycles. The van der Waals surface area contributed by atoms with Gasteiger partial charge in [0.05, 0.1) is 42.0 Å². The van der Waals surface area contributed by atoms with E-state index in [4.69, 9.17) is 21.1 Å². The fourth-order valence-corrected chi connectivity index (χ4v) is 7.44. The third-order valence-corrected chi connectivity index (χ3v) is 9.31. The Labute approximate surface area is 260 Å². The molecule has 5 rings (SSSR count). The Balaban J connectivity index is 1.78. The van der Waals surface area contributed by atoms with Crippen LogP contribution in [-0.2, 0) is 27.0 Å². The molecule has 0 spiro atoms. The summed E-state index contributed by atoms with van der Waals surface area (Å²) < 4.78 is 71.2. The first kappa shape index (κ1) is 32.3. The Kier molecular flexibility index (Phi) is 9.31. The van der Waals surface area contributed by atoms with E-state index in [1.54, 1.807) is 9.80 Å². The van der Waals surface area contributed by atoms with Crippen LogP contribution in [0.2, 0.25) is 5.02 Å². The molecule has 14 heteroatoms. The molecule has 1 fully saturated rings. The van der Waals surface area contributed by atoms with Gasteiger partial charge < -0.3 is 19.3 Å². The molecule has 3 aromatic rings. The maximum Gasteiger partial charge on any atom is 0.417 e. The number of hydrogen-bond acceptors (Lipinski definition) is 7. The van der Waals surface area contributed by atoms with E-state index in [9.17, 15) is 27.2 Å². The first-order chi connectivity index (χ1) is 20.8. The Morgan fingerprint density at radius 3 is 2.50 bits per heavy atom. The number of aromatic nitrogens is 2. The van der Waals surface area contributed by atoms with Crippen LogP contribution in [0.4, 0.5) is 23.4 Å². The fraction of sp³-hybridized carbons (Fsp3) is 0.433. The summed E-state index contributed by atoms with van der Waals surface area (Å²) in [6, 6.07) is 3.75. The van der Waals surface area contributed by atoms with E-state index in [-0.39, 0.29) is 87.8 Å². The van der Waals surface area contributed by atoms with Crippen LogP contribution in [0.1, 0.15) is 19.4 Å². The second-order valence-electron chi connectivity index (χ2n) is 10.8. The van der Waals surface area contributed by atoms with Crippen molar-refractivity contribution in [3.63, 3.8) is 0 Å². The lowest BCUT2D eigenvalue weighted by atomic mass is 9.96. The van der Waals surface area contributed by atoms with Gasteiger partial charge in [-0.2, -0.15) is 18.2 Å². The summed E-state index contributed by atoms with van der Waals surface area (Å²) in [5.74, 6) is -0.700. The Morgan fingerprint density at radius 2 is 1.89 bits per heavy atom. The molecule has 1 aromatic heterocycles. The highest BCUT2D eigenvalue weighted by Crippen LogP contribution is 2.48. The number of nitrogens with zero attached hydrogens (tertiary/aromatic N) is 4. The number of halogens is 5. The van der Waals surface area contributed by atoms with Crippen molar-refractivity contribution in [1.29, 1.82) is 0 Å². The van der Waals surface area contributed by atoms with Crippen molar-refractivity contribution in [3.05, 3.63) is 63.8 Å². The Hall–Kier alpha value is -3.13. The first-order valence-electron chi connectivity index (χ1n) is 13.9. The lowest BCUT2D eigenvalue weighted by Crippen LogP contribution is -2.58. The van der Waals surface area contributed by atoms with Crippen molar-refractivity contribution in [2.45, 2.75) is 49.7 Å². The van der Waals surface area contributed by atoms with Crippen molar-refractivity contribution in [1.82, 2.24) is 14.5 Å². The molecular weight excluding hydrogens is 624 g/mol. The molecule has 1 saturated heterocycles. The van der Waals surface area contributed by atoms with Gasteiger partial charge in [-0.25, -0.2) is 9.18 Å². The number of piperazine rings is 1. The second-order valence-corrected chi connectivity index (χ2v) is 12.3. The Morgan fingerprint density at radius 1 is 1.18 bits per heavy atom. The molecule has 3 atom stereocenters. The van der Waals surface area contributed by atoms with Crippen LogP contribution in [0.5, 0.6) is 0 Å². The number of ether oxygens (including phenoxy) is 2. The first-order valence-corrected chi connectivity index (χ1v) is 15.3. The maximum absolute atomic E-state index is 14.9. The summed E-state index contributed by atoms with van der Waals surface area (Å²) >= 11 is 7.17. The SMILES string of the molecule is C=CC(=O)N1C(C)CN(c2nc(=O)n3c4c(c(-c5ccc(F)c(Cl)c5)c(C(F)(F)F)cc24)SCC(OCCOC)C3)CC1C. The number of benzene rings is 2.